The molecule has 1 unspecified atom stereocenters. The van der Waals surface area contributed by atoms with Gasteiger partial charge in [0, 0.05) is 36.3 Å². The van der Waals surface area contributed by atoms with Gasteiger partial charge >= 0.3 is 0 Å². The summed E-state index contributed by atoms with van der Waals surface area (Å²) >= 11 is 0. The Kier molecular flexibility index (Phi) is 3.71. The molecule has 21 heavy (non-hydrogen) atoms. The highest BCUT2D eigenvalue weighted by atomic mass is 15.3. The quantitative estimate of drug-likeness (QED) is 0.799. The van der Waals surface area contributed by atoms with Crippen LogP contribution in [0.3, 0.4) is 0 Å². The number of nitrogens with two attached hydrogens (primary N) is 1. The second kappa shape index (κ2) is 5.66. The number of aromatic nitrogens is 3. The monoisotopic (exact) mass is 280 g/mol. The van der Waals surface area contributed by atoms with E-state index in [4.69, 9.17) is 5.73 Å². The maximum absolute atomic E-state index is 6.39. The third-order valence-corrected chi connectivity index (χ3v) is 3.77. The highest BCUT2D eigenvalue weighted by Crippen LogP contribution is 2.21. The zero-order valence-electron chi connectivity index (χ0n) is 12.5. The average molecular weight is 280 g/mol. The summed E-state index contributed by atoms with van der Waals surface area (Å²) in [5, 5.41) is 5.61. The molecule has 0 bridgehead atoms. The fourth-order valence-electron chi connectivity index (χ4n) is 2.71. The van der Waals surface area contributed by atoms with Crippen LogP contribution >= 0.6 is 0 Å². The largest absolute Gasteiger partial charge is 0.324 e. The Labute approximate surface area is 124 Å². The number of rotatable bonds is 4. The van der Waals surface area contributed by atoms with Crippen LogP contribution in [0.5, 0.6) is 0 Å². The summed E-state index contributed by atoms with van der Waals surface area (Å²) < 4.78 is 2.03. The van der Waals surface area contributed by atoms with Gasteiger partial charge in [0.1, 0.15) is 0 Å². The number of hydrogen-bond donors (Lipinski definition) is 1. The Morgan fingerprint density at radius 1 is 1.24 bits per heavy atom. The predicted octanol–water partition coefficient (Wildman–Crippen LogP) is 3.00. The van der Waals surface area contributed by atoms with Crippen molar-refractivity contribution in [3.63, 3.8) is 0 Å². The van der Waals surface area contributed by atoms with Crippen molar-refractivity contribution in [1.29, 1.82) is 0 Å². The van der Waals surface area contributed by atoms with Crippen LogP contribution in [0, 0.1) is 6.92 Å². The van der Waals surface area contributed by atoms with Crippen LogP contribution < -0.4 is 5.73 Å². The van der Waals surface area contributed by atoms with Crippen molar-refractivity contribution >= 4 is 10.9 Å². The van der Waals surface area contributed by atoms with E-state index in [0.29, 0.717) is 0 Å². The minimum atomic E-state index is -0.0315. The van der Waals surface area contributed by atoms with Gasteiger partial charge in [-0.2, -0.15) is 5.10 Å². The van der Waals surface area contributed by atoms with Gasteiger partial charge < -0.3 is 5.73 Å². The van der Waals surface area contributed by atoms with E-state index in [1.165, 1.54) is 5.69 Å². The molecule has 2 N–H and O–H groups in total. The number of pyridine rings is 1. The Bertz CT molecular complexity index is 760. The smallest absolute Gasteiger partial charge is 0.0702 e. The molecule has 2 aromatic heterocycles. The molecule has 1 atom stereocenters. The first-order chi connectivity index (χ1) is 10.2. The molecule has 0 radical (unpaired) electrons. The molecule has 0 aliphatic heterocycles. The van der Waals surface area contributed by atoms with Crippen molar-refractivity contribution in [3.8, 4) is 0 Å². The molecule has 0 aliphatic rings. The molecule has 0 aliphatic carbocycles. The van der Waals surface area contributed by atoms with Crippen LogP contribution in [0.25, 0.3) is 10.9 Å². The first-order valence-electron chi connectivity index (χ1n) is 7.31. The zero-order chi connectivity index (χ0) is 14.8. The van der Waals surface area contributed by atoms with Gasteiger partial charge in [0.05, 0.1) is 11.2 Å². The van der Waals surface area contributed by atoms with Gasteiger partial charge in [0.2, 0.25) is 0 Å². The molecule has 0 amide bonds. The second-order valence-electron chi connectivity index (χ2n) is 5.36. The SMILES string of the molecule is CCn1nc(C)cc1CC(N)c1ccc2ncccc2c1. The summed E-state index contributed by atoms with van der Waals surface area (Å²) in [7, 11) is 0. The van der Waals surface area contributed by atoms with Gasteiger partial charge in [0.25, 0.3) is 0 Å². The maximum Gasteiger partial charge on any atom is 0.0702 e. The highest BCUT2D eigenvalue weighted by molar-refractivity contribution is 5.79. The van der Waals surface area contributed by atoms with E-state index in [9.17, 15) is 0 Å². The lowest BCUT2D eigenvalue weighted by molar-refractivity contribution is 0.587. The van der Waals surface area contributed by atoms with Crippen LogP contribution in [-0.2, 0) is 13.0 Å². The Morgan fingerprint density at radius 3 is 2.90 bits per heavy atom. The van der Waals surface area contributed by atoms with E-state index >= 15 is 0 Å². The fraction of sp³-hybridized carbons (Fsp3) is 0.294. The number of fused-ring (bicyclic) bond motifs is 1. The van der Waals surface area contributed by atoms with E-state index in [-0.39, 0.29) is 6.04 Å². The molecule has 0 spiro atoms. The summed E-state index contributed by atoms with van der Waals surface area (Å²) in [5.41, 5.74) is 10.8. The van der Waals surface area contributed by atoms with Crippen LogP contribution in [0.1, 0.15) is 29.9 Å². The van der Waals surface area contributed by atoms with E-state index < -0.39 is 0 Å². The van der Waals surface area contributed by atoms with Crippen LogP contribution in [0.15, 0.2) is 42.6 Å². The lowest BCUT2D eigenvalue weighted by Gasteiger charge is -2.13. The minimum Gasteiger partial charge on any atom is -0.324 e. The molecule has 0 saturated heterocycles. The molecule has 4 nitrogen and oxygen atoms in total. The fourth-order valence-corrected chi connectivity index (χ4v) is 2.71. The number of benzene rings is 1. The van der Waals surface area contributed by atoms with Gasteiger partial charge in [-0.15, -0.1) is 0 Å². The van der Waals surface area contributed by atoms with Crippen molar-refractivity contribution in [2.24, 2.45) is 5.73 Å². The van der Waals surface area contributed by atoms with Gasteiger partial charge in [-0.05, 0) is 43.7 Å². The van der Waals surface area contributed by atoms with E-state index in [1.54, 1.807) is 0 Å². The Morgan fingerprint density at radius 2 is 2.10 bits per heavy atom. The Hall–Kier alpha value is -2.20. The standard InChI is InChI=1S/C17H20N4/c1-3-21-15(9-12(2)20-21)11-16(18)13-6-7-17-14(10-13)5-4-8-19-17/h4-10,16H,3,11,18H2,1-2H3. The first-order valence-corrected chi connectivity index (χ1v) is 7.31. The third-order valence-electron chi connectivity index (χ3n) is 3.77. The second-order valence-corrected chi connectivity index (χ2v) is 5.36. The topological polar surface area (TPSA) is 56.7 Å². The number of nitrogens with zero attached hydrogens (tertiary/aromatic N) is 3. The molecule has 0 saturated carbocycles. The van der Waals surface area contributed by atoms with Crippen LogP contribution in [0.4, 0.5) is 0 Å². The molecule has 3 aromatic rings. The first kappa shape index (κ1) is 13.8. The van der Waals surface area contributed by atoms with E-state index in [1.807, 2.05) is 29.9 Å². The van der Waals surface area contributed by atoms with Crippen molar-refractivity contribution in [3.05, 3.63) is 59.5 Å². The molecule has 0 fully saturated rings. The molecule has 1 aromatic carbocycles. The highest BCUT2D eigenvalue weighted by Gasteiger charge is 2.12. The van der Waals surface area contributed by atoms with Gasteiger partial charge in [-0.1, -0.05) is 12.1 Å². The normalized spacial score (nSPS) is 12.7. The van der Waals surface area contributed by atoms with Gasteiger partial charge in [-0.3, -0.25) is 9.67 Å². The molecule has 2 heterocycles. The third kappa shape index (κ3) is 2.81. The summed E-state index contributed by atoms with van der Waals surface area (Å²) in [6.07, 6.45) is 2.60. The van der Waals surface area contributed by atoms with Crippen LogP contribution in [0.2, 0.25) is 0 Å². The summed E-state index contributed by atoms with van der Waals surface area (Å²) in [5.74, 6) is 0. The van der Waals surface area contributed by atoms with Crippen molar-refractivity contribution in [2.45, 2.75) is 32.9 Å². The molecule has 4 heteroatoms. The number of aryl methyl sites for hydroxylation is 2. The molecular weight excluding hydrogens is 260 g/mol. The summed E-state index contributed by atoms with van der Waals surface area (Å²) in [6, 6.07) is 12.3. The Balaban J connectivity index is 1.87. The minimum absolute atomic E-state index is 0.0315. The van der Waals surface area contributed by atoms with Crippen molar-refractivity contribution in [1.82, 2.24) is 14.8 Å². The van der Waals surface area contributed by atoms with E-state index in [2.05, 4.69) is 41.3 Å². The molecular formula is C17H20N4. The summed E-state index contributed by atoms with van der Waals surface area (Å²) in [4.78, 5) is 4.34. The maximum atomic E-state index is 6.39. The molecule has 108 valence electrons. The summed E-state index contributed by atoms with van der Waals surface area (Å²) in [6.45, 7) is 4.99. The zero-order valence-corrected chi connectivity index (χ0v) is 12.5. The lowest BCUT2D eigenvalue weighted by Crippen LogP contribution is -2.16. The lowest BCUT2D eigenvalue weighted by atomic mass is 10.0. The van der Waals surface area contributed by atoms with Crippen molar-refractivity contribution in [2.75, 3.05) is 0 Å². The predicted molar refractivity (Wildman–Crippen MR) is 85.0 cm³/mol. The van der Waals surface area contributed by atoms with E-state index in [0.717, 1.165) is 35.1 Å². The average Bonchev–Trinajstić information content (AvgIpc) is 2.86. The van der Waals surface area contributed by atoms with Gasteiger partial charge in [-0.25, -0.2) is 0 Å². The number of hydrogen-bond acceptors (Lipinski definition) is 3. The molecule has 3 rings (SSSR count). The van der Waals surface area contributed by atoms with Crippen LogP contribution in [-0.4, -0.2) is 14.8 Å². The van der Waals surface area contributed by atoms with Gasteiger partial charge in [0.15, 0.2) is 0 Å². The van der Waals surface area contributed by atoms with Crippen molar-refractivity contribution < 1.29 is 0 Å².